The first-order valence-electron chi connectivity index (χ1n) is 5.91. The fourth-order valence-electron chi connectivity index (χ4n) is 2.38. The number of hydrogen-bond acceptors (Lipinski definition) is 3. The molecule has 0 spiro atoms. The first-order chi connectivity index (χ1) is 9.57. The van der Waals surface area contributed by atoms with Gasteiger partial charge in [0.15, 0.2) is 5.60 Å². The maximum absolute atomic E-state index is 14.0. The molecule has 2 aromatic rings. The third kappa shape index (κ3) is 1.52. The van der Waals surface area contributed by atoms with Gasteiger partial charge in [-0.1, -0.05) is 18.2 Å². The predicted octanol–water partition coefficient (Wildman–Crippen LogP) is 1.89. The van der Waals surface area contributed by atoms with Crippen LogP contribution in [0, 0.1) is 17.1 Å². The van der Waals surface area contributed by atoms with Crippen molar-refractivity contribution in [2.45, 2.75) is 5.60 Å². The Kier molecular flexibility index (Phi) is 2.56. The van der Waals surface area contributed by atoms with Gasteiger partial charge in [0.2, 0.25) is 0 Å². The lowest BCUT2D eigenvalue weighted by Gasteiger charge is -2.22. The van der Waals surface area contributed by atoms with Crippen LogP contribution in [0.4, 0.5) is 10.1 Å². The highest BCUT2D eigenvalue weighted by Crippen LogP contribution is 2.41. The molecule has 1 atom stereocenters. The van der Waals surface area contributed by atoms with Crippen molar-refractivity contribution in [3.63, 3.8) is 0 Å². The molecule has 2 N–H and O–H groups in total. The van der Waals surface area contributed by atoms with E-state index in [0.717, 1.165) is 6.07 Å². The minimum absolute atomic E-state index is 0.173. The zero-order chi connectivity index (χ0) is 14.3. The molecule has 2 aromatic carbocycles. The predicted molar refractivity (Wildman–Crippen MR) is 69.2 cm³/mol. The maximum Gasteiger partial charge on any atom is 0.265 e. The fourth-order valence-corrected chi connectivity index (χ4v) is 2.38. The molecular formula is C15H9FN2O2. The van der Waals surface area contributed by atoms with Gasteiger partial charge in [0, 0.05) is 16.8 Å². The van der Waals surface area contributed by atoms with Crippen molar-refractivity contribution >= 4 is 11.6 Å². The van der Waals surface area contributed by atoms with Crippen LogP contribution in [0.5, 0.6) is 0 Å². The lowest BCUT2D eigenvalue weighted by Crippen LogP contribution is -2.36. The Morgan fingerprint density at radius 2 is 1.95 bits per heavy atom. The Hall–Kier alpha value is -2.71. The van der Waals surface area contributed by atoms with Crippen molar-refractivity contribution in [3.8, 4) is 6.07 Å². The summed E-state index contributed by atoms with van der Waals surface area (Å²) in [5.74, 6) is -1.47. The summed E-state index contributed by atoms with van der Waals surface area (Å²) in [6.45, 7) is 0. The molecule has 0 radical (unpaired) electrons. The van der Waals surface area contributed by atoms with Gasteiger partial charge in [-0.25, -0.2) is 4.39 Å². The third-order valence-corrected chi connectivity index (χ3v) is 3.38. The molecule has 0 saturated carbocycles. The van der Waals surface area contributed by atoms with E-state index in [9.17, 15) is 14.3 Å². The molecule has 0 aliphatic carbocycles. The van der Waals surface area contributed by atoms with Crippen molar-refractivity contribution in [2.24, 2.45) is 0 Å². The Morgan fingerprint density at radius 3 is 2.70 bits per heavy atom. The number of anilines is 1. The van der Waals surface area contributed by atoms with Gasteiger partial charge in [0.1, 0.15) is 5.82 Å². The molecule has 20 heavy (non-hydrogen) atoms. The normalized spacial score (nSPS) is 20.1. The average Bonchev–Trinajstić information content (AvgIpc) is 2.72. The number of rotatable bonds is 1. The second kappa shape index (κ2) is 4.15. The molecule has 1 aliphatic rings. The number of para-hydroxylation sites is 1. The topological polar surface area (TPSA) is 73.1 Å². The van der Waals surface area contributed by atoms with Gasteiger partial charge in [0.25, 0.3) is 5.91 Å². The number of nitriles is 1. The van der Waals surface area contributed by atoms with E-state index in [1.165, 1.54) is 12.1 Å². The summed E-state index contributed by atoms with van der Waals surface area (Å²) in [5, 5.41) is 22.1. The smallest absolute Gasteiger partial charge is 0.265 e. The SMILES string of the molecule is N#Cc1ccc(F)c(C2(O)C(=O)Nc3ccccc32)c1. The first kappa shape index (κ1) is 12.3. The van der Waals surface area contributed by atoms with E-state index < -0.39 is 17.3 Å². The number of fused-ring (bicyclic) bond motifs is 1. The van der Waals surface area contributed by atoms with Crippen LogP contribution in [0.25, 0.3) is 0 Å². The second-order valence-corrected chi connectivity index (χ2v) is 4.52. The van der Waals surface area contributed by atoms with Crippen LogP contribution in [-0.2, 0) is 10.4 Å². The Morgan fingerprint density at radius 1 is 1.20 bits per heavy atom. The minimum Gasteiger partial charge on any atom is -0.372 e. The number of carbonyl (C=O) groups excluding carboxylic acids is 1. The summed E-state index contributed by atoms with van der Waals surface area (Å²) in [7, 11) is 0. The van der Waals surface area contributed by atoms with Crippen LogP contribution in [-0.4, -0.2) is 11.0 Å². The summed E-state index contributed by atoms with van der Waals surface area (Å²) in [5.41, 5.74) is -1.46. The highest BCUT2D eigenvalue weighted by atomic mass is 19.1. The Balaban J connectivity index is 2.28. The number of halogens is 1. The summed E-state index contributed by atoms with van der Waals surface area (Å²) in [6, 6.07) is 11.9. The highest BCUT2D eigenvalue weighted by molar-refractivity contribution is 6.07. The van der Waals surface area contributed by atoms with Gasteiger partial charge in [-0.2, -0.15) is 5.26 Å². The molecule has 1 amide bonds. The molecule has 4 nitrogen and oxygen atoms in total. The number of aliphatic hydroxyl groups is 1. The van der Waals surface area contributed by atoms with Crippen LogP contribution in [0.1, 0.15) is 16.7 Å². The minimum atomic E-state index is -2.12. The van der Waals surface area contributed by atoms with Crippen LogP contribution in [0.15, 0.2) is 42.5 Å². The molecule has 98 valence electrons. The van der Waals surface area contributed by atoms with Gasteiger partial charge >= 0.3 is 0 Å². The standard InChI is InChI=1S/C15H9FN2O2/c16-12-6-5-9(8-17)7-11(12)15(20)10-3-1-2-4-13(10)18-14(15)19/h1-7,20H,(H,18,19). The fraction of sp³-hybridized carbons (Fsp3) is 0.0667. The molecule has 5 heteroatoms. The summed E-state index contributed by atoms with van der Waals surface area (Å²) < 4.78 is 14.0. The number of benzene rings is 2. The molecule has 0 bridgehead atoms. The lowest BCUT2D eigenvalue weighted by molar-refractivity contribution is -0.129. The lowest BCUT2D eigenvalue weighted by atomic mass is 9.86. The van der Waals surface area contributed by atoms with Crippen LogP contribution < -0.4 is 5.32 Å². The van der Waals surface area contributed by atoms with E-state index in [1.54, 1.807) is 24.3 Å². The number of amides is 1. The van der Waals surface area contributed by atoms with Crippen molar-refractivity contribution in [3.05, 3.63) is 65.0 Å². The summed E-state index contributed by atoms with van der Waals surface area (Å²) in [6.07, 6.45) is 0. The molecular weight excluding hydrogens is 259 g/mol. The largest absolute Gasteiger partial charge is 0.372 e. The van der Waals surface area contributed by atoms with Gasteiger partial charge in [0.05, 0.1) is 11.6 Å². The van der Waals surface area contributed by atoms with Crippen LogP contribution in [0.2, 0.25) is 0 Å². The van der Waals surface area contributed by atoms with Gasteiger partial charge in [-0.3, -0.25) is 4.79 Å². The summed E-state index contributed by atoms with van der Waals surface area (Å²) >= 11 is 0. The highest BCUT2D eigenvalue weighted by Gasteiger charge is 2.48. The van der Waals surface area contributed by atoms with E-state index in [0.29, 0.717) is 5.69 Å². The van der Waals surface area contributed by atoms with Crippen molar-refractivity contribution < 1.29 is 14.3 Å². The van der Waals surface area contributed by atoms with Crippen LogP contribution in [0.3, 0.4) is 0 Å². The molecule has 0 aromatic heterocycles. The van der Waals surface area contributed by atoms with Crippen molar-refractivity contribution in [2.75, 3.05) is 5.32 Å². The number of nitrogens with one attached hydrogen (secondary N) is 1. The van der Waals surface area contributed by atoms with Gasteiger partial charge in [-0.15, -0.1) is 0 Å². The van der Waals surface area contributed by atoms with Crippen LogP contribution >= 0.6 is 0 Å². The molecule has 0 saturated heterocycles. The quantitative estimate of drug-likeness (QED) is 0.829. The monoisotopic (exact) mass is 268 g/mol. The third-order valence-electron chi connectivity index (χ3n) is 3.38. The Labute approximate surface area is 114 Å². The second-order valence-electron chi connectivity index (χ2n) is 4.52. The number of hydrogen-bond donors (Lipinski definition) is 2. The molecule has 3 rings (SSSR count). The van der Waals surface area contributed by atoms with Gasteiger partial charge in [-0.05, 0) is 24.3 Å². The zero-order valence-corrected chi connectivity index (χ0v) is 10.2. The van der Waals surface area contributed by atoms with Gasteiger partial charge < -0.3 is 10.4 Å². The summed E-state index contributed by atoms with van der Waals surface area (Å²) in [4.78, 5) is 12.1. The molecule has 1 unspecified atom stereocenters. The van der Waals surface area contributed by atoms with Crippen molar-refractivity contribution in [1.29, 1.82) is 5.26 Å². The number of carbonyl (C=O) groups is 1. The number of nitrogens with zero attached hydrogens (tertiary/aromatic N) is 1. The van der Waals surface area contributed by atoms with E-state index in [-0.39, 0.29) is 16.7 Å². The first-order valence-corrected chi connectivity index (χ1v) is 5.91. The van der Waals surface area contributed by atoms with E-state index >= 15 is 0 Å². The van der Waals surface area contributed by atoms with E-state index in [1.807, 2.05) is 6.07 Å². The molecule has 1 aliphatic heterocycles. The van der Waals surface area contributed by atoms with E-state index in [2.05, 4.69) is 5.32 Å². The maximum atomic E-state index is 14.0. The molecule has 1 heterocycles. The Bertz CT molecular complexity index is 767. The molecule has 0 fully saturated rings. The van der Waals surface area contributed by atoms with E-state index in [4.69, 9.17) is 5.26 Å². The zero-order valence-electron chi connectivity index (χ0n) is 10.2. The van der Waals surface area contributed by atoms with Crippen molar-refractivity contribution in [1.82, 2.24) is 0 Å². The average molecular weight is 268 g/mol.